The SMILES string of the molecule is CCOC(=O)Cn1ncc(NC(=O)CCc2ccc(C)cc2)n1. The Hall–Kier alpha value is -2.70. The van der Waals surface area contributed by atoms with Crippen LogP contribution in [0.25, 0.3) is 0 Å². The van der Waals surface area contributed by atoms with Gasteiger partial charge in [0.15, 0.2) is 12.4 Å². The van der Waals surface area contributed by atoms with Gasteiger partial charge in [-0.05, 0) is 25.8 Å². The van der Waals surface area contributed by atoms with Gasteiger partial charge in [0.1, 0.15) is 0 Å². The lowest BCUT2D eigenvalue weighted by Gasteiger charge is -2.03. The molecule has 0 atom stereocenters. The molecule has 0 spiro atoms. The number of rotatable bonds is 7. The molecule has 1 aromatic carbocycles. The van der Waals surface area contributed by atoms with Crippen LogP contribution in [0.15, 0.2) is 30.5 Å². The molecule has 122 valence electrons. The van der Waals surface area contributed by atoms with Gasteiger partial charge in [0, 0.05) is 6.42 Å². The summed E-state index contributed by atoms with van der Waals surface area (Å²) >= 11 is 0. The minimum atomic E-state index is -0.416. The van der Waals surface area contributed by atoms with Crippen LogP contribution in [0.2, 0.25) is 0 Å². The number of hydrogen-bond donors (Lipinski definition) is 1. The fourth-order valence-electron chi connectivity index (χ4n) is 1.97. The first kappa shape index (κ1) is 16.7. The predicted octanol–water partition coefficient (Wildman–Crippen LogP) is 1.72. The third-order valence-electron chi connectivity index (χ3n) is 3.14. The van der Waals surface area contributed by atoms with Gasteiger partial charge in [-0.3, -0.25) is 4.79 Å². The number of benzene rings is 1. The highest BCUT2D eigenvalue weighted by Crippen LogP contribution is 2.07. The molecule has 0 saturated heterocycles. The summed E-state index contributed by atoms with van der Waals surface area (Å²) in [4.78, 5) is 24.4. The van der Waals surface area contributed by atoms with Gasteiger partial charge in [-0.25, -0.2) is 4.79 Å². The Kier molecular flexibility index (Phi) is 5.85. The van der Waals surface area contributed by atoms with Gasteiger partial charge < -0.3 is 10.1 Å². The van der Waals surface area contributed by atoms with Crippen molar-refractivity contribution in [3.05, 3.63) is 41.6 Å². The van der Waals surface area contributed by atoms with Crippen LogP contribution in [0, 0.1) is 6.92 Å². The molecule has 2 aromatic rings. The van der Waals surface area contributed by atoms with E-state index in [1.165, 1.54) is 16.6 Å². The van der Waals surface area contributed by atoms with Crippen molar-refractivity contribution < 1.29 is 14.3 Å². The molecular formula is C16H20N4O3. The Morgan fingerprint density at radius 1 is 1.26 bits per heavy atom. The average molecular weight is 316 g/mol. The predicted molar refractivity (Wildman–Crippen MR) is 84.8 cm³/mol. The number of amides is 1. The Balaban J connectivity index is 1.80. The molecule has 1 heterocycles. The van der Waals surface area contributed by atoms with Crippen molar-refractivity contribution in [3.8, 4) is 0 Å². The molecule has 1 amide bonds. The molecule has 0 aliphatic rings. The monoisotopic (exact) mass is 316 g/mol. The number of aryl methyl sites for hydroxylation is 2. The fraction of sp³-hybridized carbons (Fsp3) is 0.375. The van der Waals surface area contributed by atoms with Crippen LogP contribution in [0.5, 0.6) is 0 Å². The van der Waals surface area contributed by atoms with Crippen LogP contribution in [0.3, 0.4) is 0 Å². The van der Waals surface area contributed by atoms with Crippen LogP contribution in [0.4, 0.5) is 5.82 Å². The van der Waals surface area contributed by atoms with E-state index in [1.54, 1.807) is 6.92 Å². The van der Waals surface area contributed by atoms with E-state index < -0.39 is 5.97 Å². The van der Waals surface area contributed by atoms with Gasteiger partial charge in [-0.1, -0.05) is 29.8 Å². The van der Waals surface area contributed by atoms with E-state index in [4.69, 9.17) is 4.74 Å². The minimum Gasteiger partial charge on any atom is -0.465 e. The molecule has 23 heavy (non-hydrogen) atoms. The first-order valence-electron chi connectivity index (χ1n) is 7.48. The summed E-state index contributed by atoms with van der Waals surface area (Å²) in [6, 6.07) is 8.07. The highest BCUT2D eigenvalue weighted by atomic mass is 16.5. The van der Waals surface area contributed by atoms with Crippen molar-refractivity contribution in [1.82, 2.24) is 15.0 Å². The average Bonchev–Trinajstić information content (AvgIpc) is 2.94. The van der Waals surface area contributed by atoms with E-state index in [2.05, 4.69) is 15.5 Å². The van der Waals surface area contributed by atoms with Crippen LogP contribution in [0.1, 0.15) is 24.5 Å². The minimum absolute atomic E-state index is 0.0763. The second-order valence-electron chi connectivity index (χ2n) is 5.10. The summed E-state index contributed by atoms with van der Waals surface area (Å²) < 4.78 is 4.80. The second-order valence-corrected chi connectivity index (χ2v) is 5.10. The van der Waals surface area contributed by atoms with Gasteiger partial charge in [0.05, 0.1) is 12.8 Å². The maximum atomic E-state index is 11.9. The highest BCUT2D eigenvalue weighted by Gasteiger charge is 2.09. The van der Waals surface area contributed by atoms with Gasteiger partial charge in [0.25, 0.3) is 0 Å². The van der Waals surface area contributed by atoms with E-state index in [0.717, 1.165) is 5.56 Å². The van der Waals surface area contributed by atoms with Crippen molar-refractivity contribution >= 4 is 17.7 Å². The second kappa shape index (κ2) is 8.07. The Bertz CT molecular complexity index is 664. The number of carbonyl (C=O) groups is 2. The Morgan fingerprint density at radius 3 is 2.70 bits per heavy atom. The smallest absolute Gasteiger partial charge is 0.329 e. The topological polar surface area (TPSA) is 86.1 Å². The Morgan fingerprint density at radius 2 is 2.00 bits per heavy atom. The quantitative estimate of drug-likeness (QED) is 0.786. The molecular weight excluding hydrogens is 296 g/mol. The summed E-state index contributed by atoms with van der Waals surface area (Å²) in [6.07, 6.45) is 2.42. The van der Waals surface area contributed by atoms with Crippen LogP contribution in [-0.2, 0) is 27.3 Å². The van der Waals surface area contributed by atoms with E-state index in [9.17, 15) is 9.59 Å². The molecule has 2 rings (SSSR count). The molecule has 0 unspecified atom stereocenters. The summed E-state index contributed by atoms with van der Waals surface area (Å²) in [5.74, 6) is -0.239. The number of aromatic nitrogens is 3. The van der Waals surface area contributed by atoms with Gasteiger partial charge in [-0.2, -0.15) is 9.90 Å². The van der Waals surface area contributed by atoms with Crippen LogP contribution in [-0.4, -0.2) is 33.5 Å². The zero-order chi connectivity index (χ0) is 16.7. The van der Waals surface area contributed by atoms with Crippen molar-refractivity contribution in [2.45, 2.75) is 33.2 Å². The number of carbonyl (C=O) groups excluding carboxylic acids is 2. The van der Waals surface area contributed by atoms with E-state index in [0.29, 0.717) is 25.3 Å². The molecule has 0 radical (unpaired) electrons. The maximum Gasteiger partial charge on any atom is 0.329 e. The molecule has 1 N–H and O–H groups in total. The number of anilines is 1. The van der Waals surface area contributed by atoms with Gasteiger partial charge >= 0.3 is 5.97 Å². The number of nitrogens with one attached hydrogen (secondary N) is 1. The third kappa shape index (κ3) is 5.54. The maximum absolute atomic E-state index is 11.9. The first-order valence-corrected chi connectivity index (χ1v) is 7.48. The number of hydrogen-bond acceptors (Lipinski definition) is 5. The molecule has 0 saturated carbocycles. The molecule has 1 aromatic heterocycles. The standard InChI is InChI=1S/C16H20N4O3/c1-3-23-16(22)11-20-17-10-14(19-20)18-15(21)9-8-13-6-4-12(2)5-7-13/h4-7,10H,3,8-9,11H2,1-2H3,(H,18,19,21). The molecule has 0 bridgehead atoms. The van der Waals surface area contributed by atoms with Crippen LogP contribution >= 0.6 is 0 Å². The van der Waals surface area contributed by atoms with E-state index >= 15 is 0 Å². The van der Waals surface area contributed by atoms with Crippen molar-refractivity contribution in [2.24, 2.45) is 0 Å². The number of ether oxygens (including phenoxy) is 1. The van der Waals surface area contributed by atoms with Crippen molar-refractivity contribution in [3.63, 3.8) is 0 Å². The fourth-order valence-corrected chi connectivity index (χ4v) is 1.97. The summed E-state index contributed by atoms with van der Waals surface area (Å²) in [5.41, 5.74) is 2.30. The summed E-state index contributed by atoms with van der Waals surface area (Å²) in [7, 11) is 0. The van der Waals surface area contributed by atoms with Crippen molar-refractivity contribution in [2.75, 3.05) is 11.9 Å². The lowest BCUT2D eigenvalue weighted by molar-refractivity contribution is -0.144. The van der Waals surface area contributed by atoms with Gasteiger partial charge in [0.2, 0.25) is 5.91 Å². The zero-order valence-electron chi connectivity index (χ0n) is 13.3. The van der Waals surface area contributed by atoms with Gasteiger partial charge in [-0.15, -0.1) is 5.10 Å². The third-order valence-corrected chi connectivity index (χ3v) is 3.14. The zero-order valence-corrected chi connectivity index (χ0v) is 13.3. The normalized spacial score (nSPS) is 10.3. The highest BCUT2D eigenvalue weighted by molar-refractivity contribution is 5.89. The molecule has 7 heteroatoms. The number of esters is 1. The molecule has 7 nitrogen and oxygen atoms in total. The summed E-state index contributed by atoms with van der Waals surface area (Å²) in [5, 5.41) is 10.6. The molecule has 0 aliphatic carbocycles. The largest absolute Gasteiger partial charge is 0.465 e. The van der Waals surface area contributed by atoms with Crippen LogP contribution < -0.4 is 5.32 Å². The molecule has 0 fully saturated rings. The van der Waals surface area contributed by atoms with E-state index in [-0.39, 0.29) is 12.5 Å². The van der Waals surface area contributed by atoms with E-state index in [1.807, 2.05) is 31.2 Å². The Labute approximate surface area is 134 Å². The lowest BCUT2D eigenvalue weighted by atomic mass is 10.1. The number of nitrogens with zero attached hydrogens (tertiary/aromatic N) is 3. The van der Waals surface area contributed by atoms with Crippen molar-refractivity contribution in [1.29, 1.82) is 0 Å². The molecule has 0 aliphatic heterocycles. The summed E-state index contributed by atoms with van der Waals surface area (Å²) in [6.45, 7) is 3.99. The lowest BCUT2D eigenvalue weighted by Crippen LogP contribution is -2.16. The first-order chi connectivity index (χ1) is 11.1.